The second kappa shape index (κ2) is 6.90. The minimum Gasteiger partial charge on any atom is -0.477 e. The minimum absolute atomic E-state index is 0.111. The van der Waals surface area contributed by atoms with Crippen molar-refractivity contribution >= 4 is 11.8 Å². The number of aryl methyl sites for hydroxylation is 1. The molecule has 0 fully saturated rings. The van der Waals surface area contributed by atoms with E-state index in [2.05, 4.69) is 34.0 Å². The van der Waals surface area contributed by atoms with Gasteiger partial charge in [0.15, 0.2) is 0 Å². The fourth-order valence-corrected chi connectivity index (χ4v) is 1.63. The lowest BCUT2D eigenvalue weighted by atomic mass is 10.3. The molecule has 0 atom stereocenters. The molecule has 0 aliphatic rings. The summed E-state index contributed by atoms with van der Waals surface area (Å²) < 4.78 is 0. The first-order chi connectivity index (χ1) is 8.58. The first-order valence-electron chi connectivity index (χ1n) is 6.11. The van der Waals surface area contributed by atoms with Crippen molar-refractivity contribution in [3.8, 4) is 0 Å². The third-order valence-electron chi connectivity index (χ3n) is 2.75. The molecule has 1 aromatic rings. The van der Waals surface area contributed by atoms with E-state index in [1.165, 1.54) is 6.20 Å². The van der Waals surface area contributed by atoms with Gasteiger partial charge in [-0.3, -0.25) is 0 Å². The Labute approximate surface area is 107 Å². The molecule has 1 aromatic heterocycles. The van der Waals surface area contributed by atoms with E-state index in [-0.39, 0.29) is 5.56 Å². The molecule has 6 nitrogen and oxygen atoms in total. The van der Waals surface area contributed by atoms with Crippen LogP contribution in [0.1, 0.15) is 30.0 Å². The molecule has 1 heterocycles. The average Bonchev–Trinajstić information content (AvgIpc) is 2.34. The molecular formula is C12H20N4O2. The second-order valence-corrected chi connectivity index (χ2v) is 3.94. The molecule has 0 amide bonds. The maximum Gasteiger partial charge on any atom is 0.341 e. The zero-order valence-corrected chi connectivity index (χ0v) is 11.1. The number of aromatic carboxylic acids is 1. The van der Waals surface area contributed by atoms with Crippen LogP contribution >= 0.6 is 0 Å². The monoisotopic (exact) mass is 252 g/mol. The Morgan fingerprint density at radius 3 is 2.67 bits per heavy atom. The van der Waals surface area contributed by atoms with Gasteiger partial charge in [-0.05, 0) is 20.0 Å². The van der Waals surface area contributed by atoms with Gasteiger partial charge >= 0.3 is 5.97 Å². The molecule has 0 spiro atoms. The van der Waals surface area contributed by atoms with Gasteiger partial charge in [-0.25, -0.2) is 14.8 Å². The molecule has 0 aliphatic heterocycles. The normalized spacial score (nSPS) is 10.7. The number of anilines is 1. The third kappa shape index (κ3) is 3.96. The van der Waals surface area contributed by atoms with E-state index in [0.29, 0.717) is 18.2 Å². The number of nitrogens with zero attached hydrogens (tertiary/aromatic N) is 3. The molecule has 0 bridgehead atoms. The van der Waals surface area contributed by atoms with Gasteiger partial charge in [0.1, 0.15) is 17.2 Å². The Hall–Kier alpha value is -1.69. The van der Waals surface area contributed by atoms with Gasteiger partial charge in [0, 0.05) is 19.3 Å². The van der Waals surface area contributed by atoms with Crippen molar-refractivity contribution in [1.29, 1.82) is 0 Å². The van der Waals surface area contributed by atoms with Crippen LogP contribution in [0.15, 0.2) is 6.20 Å². The quantitative estimate of drug-likeness (QED) is 0.760. The van der Waals surface area contributed by atoms with Crippen molar-refractivity contribution in [1.82, 2.24) is 14.9 Å². The van der Waals surface area contributed by atoms with E-state index >= 15 is 0 Å². The maximum absolute atomic E-state index is 11.0. The summed E-state index contributed by atoms with van der Waals surface area (Å²) in [6, 6.07) is 0. The van der Waals surface area contributed by atoms with Crippen molar-refractivity contribution in [2.24, 2.45) is 0 Å². The standard InChI is InChI=1S/C12H20N4O2/c1-4-16(5-2)7-6-13-11-10(12(17)18)8-14-9(3)15-11/h8H,4-7H2,1-3H3,(H,17,18)(H,13,14,15). The van der Waals surface area contributed by atoms with Gasteiger partial charge in [-0.15, -0.1) is 0 Å². The van der Waals surface area contributed by atoms with Gasteiger partial charge < -0.3 is 15.3 Å². The molecular weight excluding hydrogens is 232 g/mol. The molecule has 18 heavy (non-hydrogen) atoms. The fraction of sp³-hybridized carbons (Fsp3) is 0.583. The smallest absolute Gasteiger partial charge is 0.341 e. The summed E-state index contributed by atoms with van der Waals surface area (Å²) in [6.07, 6.45) is 1.34. The first-order valence-corrected chi connectivity index (χ1v) is 6.11. The summed E-state index contributed by atoms with van der Waals surface area (Å²) in [6.45, 7) is 9.41. The number of carboxylic acids is 1. The van der Waals surface area contributed by atoms with Crippen molar-refractivity contribution in [2.75, 3.05) is 31.5 Å². The Morgan fingerprint density at radius 2 is 2.11 bits per heavy atom. The lowest BCUT2D eigenvalue weighted by Gasteiger charge is -2.18. The topological polar surface area (TPSA) is 78.3 Å². The van der Waals surface area contributed by atoms with Gasteiger partial charge in [0.05, 0.1) is 0 Å². The molecule has 0 saturated heterocycles. The van der Waals surface area contributed by atoms with Crippen LogP contribution in [0, 0.1) is 6.92 Å². The van der Waals surface area contributed by atoms with E-state index in [1.807, 2.05) is 0 Å². The Kier molecular flexibility index (Phi) is 5.51. The Morgan fingerprint density at radius 1 is 1.44 bits per heavy atom. The number of aromatic nitrogens is 2. The van der Waals surface area contributed by atoms with E-state index in [9.17, 15) is 4.79 Å². The number of nitrogens with one attached hydrogen (secondary N) is 1. The molecule has 2 N–H and O–H groups in total. The number of carboxylic acid groups (broad SMARTS) is 1. The summed E-state index contributed by atoms with van der Waals surface area (Å²) in [7, 11) is 0. The Balaban J connectivity index is 2.66. The number of likely N-dealkylation sites (N-methyl/N-ethyl adjacent to an activating group) is 1. The zero-order chi connectivity index (χ0) is 13.5. The van der Waals surface area contributed by atoms with Crippen LogP contribution in [-0.2, 0) is 0 Å². The van der Waals surface area contributed by atoms with Gasteiger partial charge in [0.25, 0.3) is 0 Å². The van der Waals surface area contributed by atoms with E-state index in [0.717, 1.165) is 19.6 Å². The number of hydrogen-bond donors (Lipinski definition) is 2. The minimum atomic E-state index is -1.01. The van der Waals surface area contributed by atoms with Crippen molar-refractivity contribution in [3.05, 3.63) is 17.6 Å². The maximum atomic E-state index is 11.0. The van der Waals surface area contributed by atoms with Crippen molar-refractivity contribution in [3.63, 3.8) is 0 Å². The molecule has 6 heteroatoms. The molecule has 0 aliphatic carbocycles. The average molecular weight is 252 g/mol. The van der Waals surface area contributed by atoms with Crippen LogP contribution in [0.2, 0.25) is 0 Å². The van der Waals surface area contributed by atoms with E-state index in [4.69, 9.17) is 5.11 Å². The molecule has 0 unspecified atom stereocenters. The lowest BCUT2D eigenvalue weighted by Crippen LogP contribution is -2.29. The van der Waals surface area contributed by atoms with Gasteiger partial charge in [-0.2, -0.15) is 0 Å². The molecule has 100 valence electrons. The second-order valence-electron chi connectivity index (χ2n) is 3.94. The summed E-state index contributed by atoms with van der Waals surface area (Å²) in [5.41, 5.74) is 0.111. The van der Waals surface area contributed by atoms with Gasteiger partial charge in [-0.1, -0.05) is 13.8 Å². The van der Waals surface area contributed by atoms with E-state index < -0.39 is 5.97 Å². The molecule has 0 saturated carbocycles. The highest BCUT2D eigenvalue weighted by molar-refractivity contribution is 5.92. The van der Waals surface area contributed by atoms with Crippen LogP contribution in [0.3, 0.4) is 0 Å². The molecule has 1 rings (SSSR count). The summed E-state index contributed by atoms with van der Waals surface area (Å²) in [4.78, 5) is 21.3. The van der Waals surface area contributed by atoms with Crippen LogP contribution in [0.5, 0.6) is 0 Å². The van der Waals surface area contributed by atoms with Crippen LogP contribution in [0.4, 0.5) is 5.82 Å². The first kappa shape index (κ1) is 14.4. The van der Waals surface area contributed by atoms with Crippen molar-refractivity contribution in [2.45, 2.75) is 20.8 Å². The van der Waals surface area contributed by atoms with Crippen LogP contribution in [0.25, 0.3) is 0 Å². The molecule has 0 aromatic carbocycles. The highest BCUT2D eigenvalue weighted by Gasteiger charge is 2.12. The largest absolute Gasteiger partial charge is 0.477 e. The van der Waals surface area contributed by atoms with E-state index in [1.54, 1.807) is 6.92 Å². The van der Waals surface area contributed by atoms with Gasteiger partial charge in [0.2, 0.25) is 0 Å². The molecule has 0 radical (unpaired) electrons. The number of carbonyl (C=O) groups is 1. The predicted octanol–water partition coefficient (Wildman–Crippen LogP) is 1.24. The predicted molar refractivity (Wildman–Crippen MR) is 70.0 cm³/mol. The zero-order valence-electron chi connectivity index (χ0n) is 11.1. The number of rotatable bonds is 7. The third-order valence-corrected chi connectivity index (χ3v) is 2.75. The van der Waals surface area contributed by atoms with Crippen LogP contribution < -0.4 is 5.32 Å². The van der Waals surface area contributed by atoms with Crippen LogP contribution in [-0.4, -0.2) is 52.1 Å². The summed E-state index contributed by atoms with van der Waals surface area (Å²) >= 11 is 0. The number of hydrogen-bond acceptors (Lipinski definition) is 5. The summed E-state index contributed by atoms with van der Waals surface area (Å²) in [5.74, 6) is -0.0622. The Bertz CT molecular complexity index is 405. The SMILES string of the molecule is CCN(CC)CCNc1nc(C)ncc1C(=O)O. The fourth-order valence-electron chi connectivity index (χ4n) is 1.63. The lowest BCUT2D eigenvalue weighted by molar-refractivity contribution is 0.0697. The highest BCUT2D eigenvalue weighted by Crippen LogP contribution is 2.11. The summed E-state index contributed by atoms with van der Waals surface area (Å²) in [5, 5.41) is 12.1. The van der Waals surface area contributed by atoms with Crippen molar-refractivity contribution < 1.29 is 9.90 Å². The highest BCUT2D eigenvalue weighted by atomic mass is 16.4.